The second-order valence-corrected chi connectivity index (χ2v) is 5.88. The van der Waals surface area contributed by atoms with Gasteiger partial charge in [0.25, 0.3) is 23.6 Å². The zero-order valence-corrected chi connectivity index (χ0v) is 15.1. The van der Waals surface area contributed by atoms with E-state index in [1.165, 1.54) is 12.1 Å². The van der Waals surface area contributed by atoms with Gasteiger partial charge in [0.1, 0.15) is 0 Å². The van der Waals surface area contributed by atoms with Crippen molar-refractivity contribution >= 4 is 46.3 Å². The van der Waals surface area contributed by atoms with Gasteiger partial charge < -0.3 is 9.68 Å². The molecule has 0 saturated carbocycles. The smallest absolute Gasteiger partial charge is 0.329 e. The summed E-state index contributed by atoms with van der Waals surface area (Å²) in [6.45, 7) is 2.07. The van der Waals surface area contributed by atoms with Crippen molar-refractivity contribution in [3.63, 3.8) is 0 Å². The lowest BCUT2D eigenvalue weighted by molar-refractivity contribution is -0.147. The number of rotatable bonds is 2. The minimum atomic E-state index is -1.12. The number of nitrogens with one attached hydrogen (secondary N) is 3. The molecule has 0 unspecified atom stereocenters. The van der Waals surface area contributed by atoms with Gasteiger partial charge in [-0.3, -0.25) is 34.1 Å². The van der Waals surface area contributed by atoms with Crippen molar-refractivity contribution in [1.82, 2.24) is 16.3 Å². The molecule has 0 aliphatic carbocycles. The fraction of sp³-hybridized carbons (Fsp3) is 0.111. The van der Waals surface area contributed by atoms with Crippen LogP contribution >= 0.6 is 0 Å². The molecule has 148 valence electrons. The third-order valence-electron chi connectivity index (χ3n) is 3.93. The molecule has 11 nitrogen and oxygen atoms in total. The Balaban J connectivity index is 2.32. The van der Waals surface area contributed by atoms with Crippen LogP contribution in [0.3, 0.4) is 0 Å². The van der Waals surface area contributed by atoms with Gasteiger partial charge in [0, 0.05) is 13.8 Å². The number of benzene rings is 2. The number of hydrogen-bond acceptors (Lipinski definition) is 8. The third kappa shape index (κ3) is 3.48. The number of amides is 4. The Hall–Kier alpha value is -4.28. The van der Waals surface area contributed by atoms with Gasteiger partial charge in [-0.1, -0.05) is 24.3 Å². The average molecular weight is 399 g/mol. The minimum absolute atomic E-state index is 0.109. The molecule has 0 aromatic heterocycles. The highest BCUT2D eigenvalue weighted by molar-refractivity contribution is 6.33. The molecule has 0 fully saturated rings. The maximum absolute atomic E-state index is 12.7. The second kappa shape index (κ2) is 7.38. The lowest BCUT2D eigenvalue weighted by Crippen LogP contribution is -2.33. The molecule has 4 amide bonds. The zero-order chi connectivity index (χ0) is 21.3. The normalized spacial score (nSPS) is 12.1. The van der Waals surface area contributed by atoms with Crippen LogP contribution in [0.2, 0.25) is 0 Å². The number of hydrogen-bond donors (Lipinski definition) is 3. The summed E-state index contributed by atoms with van der Waals surface area (Å²) < 4.78 is 0. The molecular weight excluding hydrogens is 386 g/mol. The lowest BCUT2D eigenvalue weighted by Gasteiger charge is -2.15. The number of carbonyl (C=O) groups excluding carboxylic acids is 6. The van der Waals surface area contributed by atoms with E-state index in [1.54, 1.807) is 12.1 Å². The summed E-state index contributed by atoms with van der Waals surface area (Å²) in [6.07, 6.45) is 0. The van der Waals surface area contributed by atoms with Gasteiger partial charge in [0.05, 0.1) is 22.3 Å². The van der Waals surface area contributed by atoms with E-state index in [-0.39, 0.29) is 27.5 Å². The Kier molecular flexibility index (Phi) is 4.96. The highest BCUT2D eigenvalue weighted by atomic mass is 16.7. The maximum Gasteiger partial charge on any atom is 0.329 e. The van der Waals surface area contributed by atoms with Crippen LogP contribution in [-0.2, 0) is 19.3 Å². The molecule has 3 N–H and O–H groups in total. The van der Waals surface area contributed by atoms with E-state index in [9.17, 15) is 28.8 Å². The molecule has 11 heteroatoms. The topological polar surface area (TPSA) is 157 Å². The van der Waals surface area contributed by atoms with Gasteiger partial charge in [0.2, 0.25) is 0 Å². The van der Waals surface area contributed by atoms with Gasteiger partial charge in [-0.05, 0) is 10.8 Å². The highest BCUT2D eigenvalue weighted by Crippen LogP contribution is 2.33. The summed E-state index contributed by atoms with van der Waals surface area (Å²) in [5.41, 5.74) is 2.35. The molecule has 0 bridgehead atoms. The van der Waals surface area contributed by atoms with Crippen molar-refractivity contribution in [2.45, 2.75) is 13.8 Å². The Labute approximate surface area is 162 Å². The van der Waals surface area contributed by atoms with E-state index < -0.39 is 41.1 Å². The first-order chi connectivity index (χ1) is 13.7. The monoisotopic (exact) mass is 399 g/mol. The average Bonchev–Trinajstić information content (AvgIpc) is 2.97. The van der Waals surface area contributed by atoms with Crippen molar-refractivity contribution in [3.05, 3.63) is 46.5 Å². The number of imide groups is 1. The van der Waals surface area contributed by atoms with E-state index in [2.05, 4.69) is 15.0 Å². The van der Waals surface area contributed by atoms with Gasteiger partial charge in [-0.25, -0.2) is 0 Å². The van der Waals surface area contributed by atoms with Crippen LogP contribution in [0.5, 0.6) is 0 Å². The number of carbonyl (C=O) groups is 6. The molecule has 1 heterocycles. The molecule has 0 atom stereocenters. The van der Waals surface area contributed by atoms with E-state index in [1.807, 2.05) is 11.0 Å². The molecule has 1 aliphatic rings. The summed E-state index contributed by atoms with van der Waals surface area (Å²) in [4.78, 5) is 81.1. The first-order valence-corrected chi connectivity index (χ1v) is 8.12. The Morgan fingerprint density at radius 3 is 1.79 bits per heavy atom. The first kappa shape index (κ1) is 19.5. The maximum atomic E-state index is 12.7. The quantitative estimate of drug-likeness (QED) is 0.475. The predicted molar refractivity (Wildman–Crippen MR) is 94.2 cm³/mol. The minimum Gasteiger partial charge on any atom is -0.341 e. The molecule has 0 radical (unpaired) electrons. The van der Waals surface area contributed by atoms with Crippen molar-refractivity contribution in [3.8, 4) is 0 Å². The molecule has 1 aliphatic heterocycles. The van der Waals surface area contributed by atoms with Crippen LogP contribution in [0.1, 0.15) is 55.3 Å². The summed E-state index contributed by atoms with van der Waals surface area (Å²) >= 11 is 0. The van der Waals surface area contributed by atoms with E-state index >= 15 is 0 Å². The Morgan fingerprint density at radius 1 is 0.759 bits per heavy atom. The fourth-order valence-electron chi connectivity index (χ4n) is 2.93. The molecule has 0 saturated heterocycles. The number of hydroxylamine groups is 2. The molecule has 0 spiro atoms. The van der Waals surface area contributed by atoms with Crippen molar-refractivity contribution in [1.29, 1.82) is 0 Å². The van der Waals surface area contributed by atoms with Crippen molar-refractivity contribution in [2.75, 3.05) is 0 Å². The molecule has 2 aromatic carbocycles. The predicted octanol–water partition coefficient (Wildman–Crippen LogP) is 0.139. The highest BCUT2D eigenvalue weighted by Gasteiger charge is 2.38. The second-order valence-electron chi connectivity index (χ2n) is 5.88. The lowest BCUT2D eigenvalue weighted by atomic mass is 9.89. The fourth-order valence-corrected chi connectivity index (χ4v) is 2.93. The van der Waals surface area contributed by atoms with Crippen LogP contribution in [-0.4, -0.2) is 35.6 Å². The van der Waals surface area contributed by atoms with Crippen LogP contribution in [0.25, 0.3) is 10.8 Å². The van der Waals surface area contributed by atoms with Crippen molar-refractivity contribution < 1.29 is 38.4 Å². The van der Waals surface area contributed by atoms with E-state index in [4.69, 9.17) is 0 Å². The largest absolute Gasteiger partial charge is 0.341 e. The zero-order valence-electron chi connectivity index (χ0n) is 15.1. The molecule has 2 aromatic rings. The van der Waals surface area contributed by atoms with Crippen molar-refractivity contribution in [2.24, 2.45) is 0 Å². The van der Waals surface area contributed by atoms with Gasteiger partial charge >= 0.3 is 11.9 Å². The van der Waals surface area contributed by atoms with Gasteiger partial charge in [0.15, 0.2) is 0 Å². The SMILES string of the molecule is CC(=O)ONC(=O)c1c2c(c3ccccc3c1C(=O)NOC(C)=O)C(=O)NC2=O. The molecular formula is C18H13N3O8. The van der Waals surface area contributed by atoms with E-state index in [0.717, 1.165) is 13.8 Å². The van der Waals surface area contributed by atoms with Gasteiger partial charge in [-0.2, -0.15) is 11.0 Å². The standard InChI is InChI=1S/C18H13N3O8/c1-7(22)28-20-17(26)12-10-6-4-3-5-9(10)11-13(16(25)19-15(11)24)14(12)18(27)21-29-8(2)23/h3-6H,1-2H3,(H,20,26)(H,21,27)(H,19,24,25). The third-order valence-corrected chi connectivity index (χ3v) is 3.93. The van der Waals surface area contributed by atoms with Crippen LogP contribution < -0.4 is 16.3 Å². The van der Waals surface area contributed by atoms with Crippen LogP contribution in [0.15, 0.2) is 24.3 Å². The Bertz CT molecular complexity index is 1120. The Morgan fingerprint density at radius 2 is 1.24 bits per heavy atom. The molecule has 29 heavy (non-hydrogen) atoms. The van der Waals surface area contributed by atoms with E-state index in [0.29, 0.717) is 0 Å². The van der Waals surface area contributed by atoms with Crippen LogP contribution in [0.4, 0.5) is 0 Å². The summed E-state index contributed by atoms with van der Waals surface area (Å²) in [5, 5.41) is 2.43. The summed E-state index contributed by atoms with van der Waals surface area (Å²) in [6, 6.07) is 6.05. The summed E-state index contributed by atoms with van der Waals surface area (Å²) in [5.74, 6) is -5.51. The van der Waals surface area contributed by atoms with Crippen LogP contribution in [0, 0.1) is 0 Å². The summed E-state index contributed by atoms with van der Waals surface area (Å²) in [7, 11) is 0. The molecule has 3 rings (SSSR count). The van der Waals surface area contributed by atoms with Gasteiger partial charge in [-0.15, -0.1) is 0 Å². The number of fused-ring (bicyclic) bond motifs is 3. The first-order valence-electron chi connectivity index (χ1n) is 8.12.